The lowest BCUT2D eigenvalue weighted by molar-refractivity contribution is 0.215. The van der Waals surface area contributed by atoms with Crippen molar-refractivity contribution in [2.24, 2.45) is 0 Å². The number of aliphatic hydroxyl groups is 1. The average molecular weight is 264 g/mol. The summed E-state index contributed by atoms with van der Waals surface area (Å²) in [7, 11) is 0. The first-order valence-corrected chi connectivity index (χ1v) is 6.66. The minimum absolute atomic E-state index is 0.0845. The van der Waals surface area contributed by atoms with Crippen molar-refractivity contribution in [2.75, 3.05) is 0 Å². The van der Waals surface area contributed by atoms with Gasteiger partial charge in [-0.2, -0.15) is 0 Å². The summed E-state index contributed by atoms with van der Waals surface area (Å²) in [4.78, 5) is 8.36. The summed E-state index contributed by atoms with van der Waals surface area (Å²) in [6, 6.07) is 1.80. The van der Waals surface area contributed by atoms with Crippen LogP contribution in [-0.2, 0) is 0 Å². The van der Waals surface area contributed by atoms with E-state index in [0.717, 1.165) is 5.69 Å². The molecule has 0 aliphatic carbocycles. The zero-order valence-electron chi connectivity index (χ0n) is 10.6. The van der Waals surface area contributed by atoms with Gasteiger partial charge in [-0.25, -0.2) is 4.98 Å². The second kappa shape index (κ2) is 5.46. The van der Waals surface area contributed by atoms with Crippen LogP contribution in [0.3, 0.4) is 0 Å². The lowest BCUT2D eigenvalue weighted by Gasteiger charge is -2.12. The maximum absolute atomic E-state index is 10.2. The molecule has 96 valence electrons. The van der Waals surface area contributed by atoms with E-state index in [1.807, 2.05) is 26.2 Å². The number of nitrogens with zero attached hydrogens (tertiary/aromatic N) is 2. The molecule has 5 heteroatoms. The van der Waals surface area contributed by atoms with Gasteiger partial charge in [0.15, 0.2) is 0 Å². The third-order valence-corrected chi connectivity index (χ3v) is 3.31. The highest BCUT2D eigenvalue weighted by Gasteiger charge is 2.15. The number of aliphatic hydroxyl groups excluding tert-OH is 1. The van der Waals surface area contributed by atoms with Gasteiger partial charge in [0.25, 0.3) is 0 Å². The summed E-state index contributed by atoms with van der Waals surface area (Å²) >= 11 is 1.44. The standard InChI is InChI=1S/C13H16N2O2S/c1-8(2)17-11-4-10(5-14-6-11)12(16)13-15-9(3)7-18-13/h4-8,12,16H,1-3H3. The van der Waals surface area contributed by atoms with Crippen molar-refractivity contribution in [2.45, 2.75) is 33.0 Å². The maximum atomic E-state index is 10.2. The van der Waals surface area contributed by atoms with Crippen LogP contribution >= 0.6 is 11.3 Å². The fourth-order valence-corrected chi connectivity index (χ4v) is 2.37. The van der Waals surface area contributed by atoms with E-state index >= 15 is 0 Å². The molecule has 2 aromatic heterocycles. The van der Waals surface area contributed by atoms with Crippen LogP contribution in [0.1, 0.15) is 36.2 Å². The number of pyridine rings is 1. The molecule has 0 bridgehead atoms. The van der Waals surface area contributed by atoms with E-state index in [1.54, 1.807) is 18.5 Å². The summed E-state index contributed by atoms with van der Waals surface area (Å²) in [6.07, 6.45) is 2.62. The molecule has 0 aromatic carbocycles. The molecular formula is C13H16N2O2S. The molecule has 0 radical (unpaired) electrons. The smallest absolute Gasteiger partial charge is 0.138 e. The van der Waals surface area contributed by atoms with E-state index in [0.29, 0.717) is 16.3 Å². The second-order valence-electron chi connectivity index (χ2n) is 4.35. The number of thiazole rings is 1. The van der Waals surface area contributed by atoms with Gasteiger partial charge in [-0.15, -0.1) is 11.3 Å². The lowest BCUT2D eigenvalue weighted by Crippen LogP contribution is -2.07. The highest BCUT2D eigenvalue weighted by molar-refractivity contribution is 7.09. The monoisotopic (exact) mass is 264 g/mol. The van der Waals surface area contributed by atoms with Crippen LogP contribution in [0.2, 0.25) is 0 Å². The predicted octanol–water partition coefficient (Wildman–Crippen LogP) is 2.72. The summed E-state index contributed by atoms with van der Waals surface area (Å²) in [6.45, 7) is 5.81. The van der Waals surface area contributed by atoms with Crippen LogP contribution in [0, 0.1) is 6.92 Å². The molecule has 2 rings (SSSR count). The summed E-state index contributed by atoms with van der Waals surface area (Å²) < 4.78 is 5.56. The molecule has 0 spiro atoms. The van der Waals surface area contributed by atoms with Crippen molar-refractivity contribution < 1.29 is 9.84 Å². The minimum atomic E-state index is -0.744. The van der Waals surface area contributed by atoms with Crippen molar-refractivity contribution in [3.8, 4) is 5.75 Å². The Morgan fingerprint density at radius 1 is 1.33 bits per heavy atom. The Bertz CT molecular complexity index is 525. The molecule has 0 aliphatic heterocycles. The molecule has 1 atom stereocenters. The number of hydrogen-bond acceptors (Lipinski definition) is 5. The predicted molar refractivity (Wildman–Crippen MR) is 70.9 cm³/mol. The Morgan fingerprint density at radius 3 is 2.72 bits per heavy atom. The van der Waals surface area contributed by atoms with Gasteiger partial charge in [0.2, 0.25) is 0 Å². The van der Waals surface area contributed by atoms with Crippen LogP contribution in [0.25, 0.3) is 0 Å². The summed E-state index contributed by atoms with van der Waals surface area (Å²) in [5.74, 6) is 0.662. The Morgan fingerprint density at radius 2 is 2.11 bits per heavy atom. The zero-order valence-corrected chi connectivity index (χ0v) is 11.4. The third-order valence-electron chi connectivity index (χ3n) is 2.29. The molecule has 2 aromatic rings. The molecule has 1 unspecified atom stereocenters. The summed E-state index contributed by atoms with van der Waals surface area (Å²) in [5, 5.41) is 12.8. The molecule has 2 heterocycles. The van der Waals surface area contributed by atoms with Gasteiger partial charge >= 0.3 is 0 Å². The van der Waals surface area contributed by atoms with Gasteiger partial charge in [-0.1, -0.05) is 0 Å². The van der Waals surface area contributed by atoms with Gasteiger partial charge in [-0.05, 0) is 26.8 Å². The Labute approximate surface area is 110 Å². The zero-order chi connectivity index (χ0) is 13.1. The average Bonchev–Trinajstić information content (AvgIpc) is 2.74. The largest absolute Gasteiger partial charge is 0.489 e. The van der Waals surface area contributed by atoms with E-state index in [-0.39, 0.29) is 6.10 Å². The quantitative estimate of drug-likeness (QED) is 0.922. The van der Waals surface area contributed by atoms with Gasteiger partial charge in [-0.3, -0.25) is 4.98 Å². The lowest BCUT2D eigenvalue weighted by atomic mass is 10.1. The van der Waals surface area contributed by atoms with Gasteiger partial charge in [0, 0.05) is 22.8 Å². The number of aromatic nitrogens is 2. The topological polar surface area (TPSA) is 55.2 Å². The first kappa shape index (κ1) is 13.0. The number of ether oxygens (including phenoxy) is 1. The van der Waals surface area contributed by atoms with Crippen LogP contribution in [0.15, 0.2) is 23.8 Å². The van der Waals surface area contributed by atoms with Gasteiger partial charge < -0.3 is 9.84 Å². The van der Waals surface area contributed by atoms with E-state index in [4.69, 9.17) is 4.74 Å². The number of hydrogen-bond donors (Lipinski definition) is 1. The molecule has 0 amide bonds. The fraction of sp³-hybridized carbons (Fsp3) is 0.385. The molecule has 0 fully saturated rings. The van der Waals surface area contributed by atoms with E-state index in [1.165, 1.54) is 11.3 Å². The SMILES string of the molecule is Cc1csc(C(O)c2cncc(OC(C)C)c2)n1. The normalized spacial score (nSPS) is 12.7. The van der Waals surface area contributed by atoms with Crippen molar-refractivity contribution in [3.05, 3.63) is 40.1 Å². The van der Waals surface area contributed by atoms with E-state index in [2.05, 4.69) is 9.97 Å². The molecule has 18 heavy (non-hydrogen) atoms. The Hall–Kier alpha value is -1.46. The van der Waals surface area contributed by atoms with Crippen molar-refractivity contribution in [3.63, 3.8) is 0 Å². The Balaban J connectivity index is 2.22. The van der Waals surface area contributed by atoms with E-state index < -0.39 is 6.10 Å². The van der Waals surface area contributed by atoms with Crippen LogP contribution in [-0.4, -0.2) is 21.2 Å². The van der Waals surface area contributed by atoms with Crippen LogP contribution < -0.4 is 4.74 Å². The van der Waals surface area contributed by atoms with Gasteiger partial charge in [0.05, 0.1) is 12.3 Å². The van der Waals surface area contributed by atoms with Crippen LogP contribution in [0.4, 0.5) is 0 Å². The molecule has 0 aliphatic rings. The minimum Gasteiger partial charge on any atom is -0.489 e. The summed E-state index contributed by atoms with van der Waals surface area (Å²) in [5.41, 5.74) is 1.61. The molecule has 4 nitrogen and oxygen atoms in total. The molecule has 0 saturated carbocycles. The first-order chi connectivity index (χ1) is 8.56. The third kappa shape index (κ3) is 3.05. The van der Waals surface area contributed by atoms with Crippen molar-refractivity contribution in [1.82, 2.24) is 9.97 Å². The first-order valence-electron chi connectivity index (χ1n) is 5.78. The highest BCUT2D eigenvalue weighted by atomic mass is 32.1. The fourth-order valence-electron chi connectivity index (χ4n) is 1.56. The molecular weight excluding hydrogens is 248 g/mol. The second-order valence-corrected chi connectivity index (χ2v) is 5.24. The Kier molecular flexibility index (Phi) is 3.93. The highest BCUT2D eigenvalue weighted by Crippen LogP contribution is 2.26. The number of aryl methyl sites for hydroxylation is 1. The number of rotatable bonds is 4. The van der Waals surface area contributed by atoms with Crippen LogP contribution in [0.5, 0.6) is 5.75 Å². The molecule has 0 saturated heterocycles. The van der Waals surface area contributed by atoms with E-state index in [9.17, 15) is 5.11 Å². The van der Waals surface area contributed by atoms with Crippen molar-refractivity contribution in [1.29, 1.82) is 0 Å². The van der Waals surface area contributed by atoms with Crippen molar-refractivity contribution >= 4 is 11.3 Å². The molecule has 1 N–H and O–H groups in total. The maximum Gasteiger partial charge on any atom is 0.138 e. The van der Waals surface area contributed by atoms with Gasteiger partial charge in [0.1, 0.15) is 16.9 Å².